The molecule has 0 aliphatic rings. The molecule has 5 heteroatoms. The smallest absolute Gasteiger partial charge is 0.297 e. The SMILES string of the molecule is Cc1ccc(C(=O)Cn2ccn(C(C)C)c2=O)s1. The van der Waals surface area contributed by atoms with Crippen molar-refractivity contribution < 1.29 is 4.79 Å². The highest BCUT2D eigenvalue weighted by Gasteiger charge is 2.12. The summed E-state index contributed by atoms with van der Waals surface area (Å²) in [5.41, 5.74) is -0.133. The molecule has 0 aromatic carbocycles. The lowest BCUT2D eigenvalue weighted by Gasteiger charge is -2.04. The van der Waals surface area contributed by atoms with Gasteiger partial charge in [-0.3, -0.25) is 13.9 Å². The first-order valence-electron chi connectivity index (χ1n) is 5.86. The summed E-state index contributed by atoms with van der Waals surface area (Å²) in [4.78, 5) is 25.8. The predicted molar refractivity (Wildman–Crippen MR) is 72.5 cm³/mol. The Labute approximate surface area is 109 Å². The second-order valence-electron chi connectivity index (χ2n) is 4.54. The van der Waals surface area contributed by atoms with E-state index in [9.17, 15) is 9.59 Å². The fraction of sp³-hybridized carbons (Fsp3) is 0.385. The molecule has 0 aliphatic carbocycles. The predicted octanol–water partition coefficient (Wildman–Crippen LogP) is 2.48. The summed E-state index contributed by atoms with van der Waals surface area (Å²) in [5, 5.41) is 0. The second kappa shape index (κ2) is 4.94. The quantitative estimate of drug-likeness (QED) is 0.796. The third-order valence-electron chi connectivity index (χ3n) is 2.76. The molecule has 2 heterocycles. The Balaban J connectivity index is 2.20. The highest BCUT2D eigenvalue weighted by Crippen LogP contribution is 2.16. The Morgan fingerprint density at radius 2 is 2.06 bits per heavy atom. The molecule has 0 atom stereocenters. The van der Waals surface area contributed by atoms with Gasteiger partial charge in [-0.2, -0.15) is 0 Å². The van der Waals surface area contributed by atoms with E-state index < -0.39 is 0 Å². The molecule has 0 N–H and O–H groups in total. The molecule has 96 valence electrons. The zero-order valence-corrected chi connectivity index (χ0v) is 11.5. The summed E-state index contributed by atoms with van der Waals surface area (Å²) in [6.07, 6.45) is 3.39. The molecule has 0 fully saturated rings. The lowest BCUT2D eigenvalue weighted by molar-refractivity contribution is 0.0974. The third-order valence-corrected chi connectivity index (χ3v) is 3.80. The first-order chi connectivity index (χ1) is 8.49. The zero-order valence-electron chi connectivity index (χ0n) is 10.7. The summed E-state index contributed by atoms with van der Waals surface area (Å²) >= 11 is 1.46. The van der Waals surface area contributed by atoms with Gasteiger partial charge in [0.15, 0.2) is 5.78 Å². The van der Waals surface area contributed by atoms with E-state index in [-0.39, 0.29) is 24.1 Å². The number of rotatable bonds is 4. The highest BCUT2D eigenvalue weighted by atomic mass is 32.1. The summed E-state index contributed by atoms with van der Waals surface area (Å²) in [6.45, 7) is 5.95. The van der Waals surface area contributed by atoms with Crippen LogP contribution in [0.25, 0.3) is 0 Å². The lowest BCUT2D eigenvalue weighted by atomic mass is 10.3. The molecule has 18 heavy (non-hydrogen) atoms. The Hall–Kier alpha value is -1.62. The maximum Gasteiger partial charge on any atom is 0.328 e. The Morgan fingerprint density at radius 1 is 1.33 bits per heavy atom. The third kappa shape index (κ3) is 2.46. The van der Waals surface area contributed by atoms with Crippen LogP contribution in [0.15, 0.2) is 29.3 Å². The van der Waals surface area contributed by atoms with Crippen molar-refractivity contribution in [2.75, 3.05) is 0 Å². The highest BCUT2D eigenvalue weighted by molar-refractivity contribution is 7.14. The Bertz CT molecular complexity index is 619. The van der Waals surface area contributed by atoms with Crippen LogP contribution < -0.4 is 5.69 Å². The van der Waals surface area contributed by atoms with Gasteiger partial charge in [-0.25, -0.2) is 4.79 Å². The number of imidazole rings is 1. The molecule has 2 aromatic heterocycles. The fourth-order valence-corrected chi connectivity index (χ4v) is 2.56. The molecular weight excluding hydrogens is 248 g/mol. The van der Waals surface area contributed by atoms with Crippen molar-refractivity contribution in [1.82, 2.24) is 9.13 Å². The van der Waals surface area contributed by atoms with Crippen molar-refractivity contribution in [1.29, 1.82) is 0 Å². The number of aryl methyl sites for hydroxylation is 1. The zero-order chi connectivity index (χ0) is 13.3. The number of hydrogen-bond acceptors (Lipinski definition) is 3. The van der Waals surface area contributed by atoms with E-state index in [1.807, 2.05) is 32.9 Å². The second-order valence-corrected chi connectivity index (χ2v) is 5.83. The molecule has 0 amide bonds. The van der Waals surface area contributed by atoms with Gasteiger partial charge < -0.3 is 0 Å². The number of Topliss-reactive ketones (excluding diaryl/α,β-unsaturated/α-hetero) is 1. The molecule has 4 nitrogen and oxygen atoms in total. The fourth-order valence-electron chi connectivity index (χ4n) is 1.76. The summed E-state index contributed by atoms with van der Waals surface area (Å²) in [6, 6.07) is 3.84. The number of hydrogen-bond donors (Lipinski definition) is 0. The van der Waals surface area contributed by atoms with Crippen LogP contribution in [0.1, 0.15) is 34.4 Å². The minimum Gasteiger partial charge on any atom is -0.297 e. The molecule has 2 rings (SSSR count). The number of nitrogens with zero attached hydrogens (tertiary/aromatic N) is 2. The van der Waals surface area contributed by atoms with E-state index in [1.54, 1.807) is 17.0 Å². The lowest BCUT2D eigenvalue weighted by Crippen LogP contribution is -2.27. The van der Waals surface area contributed by atoms with Crippen molar-refractivity contribution in [2.45, 2.75) is 33.4 Å². The van der Waals surface area contributed by atoms with Gasteiger partial charge in [0.05, 0.1) is 11.4 Å². The van der Waals surface area contributed by atoms with E-state index in [0.29, 0.717) is 4.88 Å². The average molecular weight is 264 g/mol. The van der Waals surface area contributed by atoms with Crippen LogP contribution in [0.5, 0.6) is 0 Å². The molecule has 0 spiro atoms. The minimum atomic E-state index is -0.133. The van der Waals surface area contributed by atoms with Crippen LogP contribution >= 0.6 is 11.3 Å². The van der Waals surface area contributed by atoms with Crippen LogP contribution in [0.2, 0.25) is 0 Å². The molecule has 0 radical (unpaired) electrons. The molecule has 0 unspecified atom stereocenters. The van der Waals surface area contributed by atoms with Gasteiger partial charge in [-0.05, 0) is 32.9 Å². The van der Waals surface area contributed by atoms with Crippen LogP contribution in [-0.2, 0) is 6.54 Å². The van der Waals surface area contributed by atoms with Crippen LogP contribution in [0.4, 0.5) is 0 Å². The number of carbonyl (C=O) groups is 1. The molecule has 0 saturated heterocycles. The molecule has 0 bridgehead atoms. The molecule has 0 saturated carbocycles. The van der Waals surface area contributed by atoms with Crippen molar-refractivity contribution >= 4 is 17.1 Å². The summed E-state index contributed by atoms with van der Waals surface area (Å²) in [5.74, 6) is -0.0169. The number of carbonyl (C=O) groups excluding carboxylic acids is 1. The first-order valence-corrected chi connectivity index (χ1v) is 6.67. The Morgan fingerprint density at radius 3 is 2.56 bits per heavy atom. The average Bonchev–Trinajstić information content (AvgIpc) is 2.86. The van der Waals surface area contributed by atoms with Gasteiger partial charge >= 0.3 is 5.69 Å². The van der Waals surface area contributed by atoms with Gasteiger partial charge in [-0.15, -0.1) is 11.3 Å². The number of ketones is 1. The van der Waals surface area contributed by atoms with Gasteiger partial charge in [-0.1, -0.05) is 0 Å². The van der Waals surface area contributed by atoms with E-state index in [2.05, 4.69) is 0 Å². The monoisotopic (exact) mass is 264 g/mol. The first kappa shape index (κ1) is 12.8. The van der Waals surface area contributed by atoms with Gasteiger partial charge in [0.1, 0.15) is 0 Å². The van der Waals surface area contributed by atoms with Crippen molar-refractivity contribution in [3.63, 3.8) is 0 Å². The van der Waals surface area contributed by atoms with E-state index in [4.69, 9.17) is 0 Å². The van der Waals surface area contributed by atoms with E-state index in [0.717, 1.165) is 4.88 Å². The van der Waals surface area contributed by atoms with Crippen LogP contribution in [0.3, 0.4) is 0 Å². The van der Waals surface area contributed by atoms with Crippen LogP contribution in [-0.4, -0.2) is 14.9 Å². The normalized spacial score (nSPS) is 11.1. The summed E-state index contributed by atoms with van der Waals surface area (Å²) < 4.78 is 3.07. The topological polar surface area (TPSA) is 44.0 Å². The minimum absolute atomic E-state index is 0.0169. The summed E-state index contributed by atoms with van der Waals surface area (Å²) in [7, 11) is 0. The largest absolute Gasteiger partial charge is 0.328 e. The standard InChI is InChI=1S/C13H16N2O2S/c1-9(2)15-7-6-14(13(15)17)8-11(16)12-5-4-10(3)18-12/h4-7,9H,8H2,1-3H3. The van der Waals surface area contributed by atoms with Crippen molar-refractivity contribution in [2.24, 2.45) is 0 Å². The Kier molecular flexibility index (Phi) is 3.52. The van der Waals surface area contributed by atoms with Crippen molar-refractivity contribution in [3.05, 3.63) is 44.8 Å². The molecule has 2 aromatic rings. The van der Waals surface area contributed by atoms with Crippen molar-refractivity contribution in [3.8, 4) is 0 Å². The molecular formula is C13H16N2O2S. The van der Waals surface area contributed by atoms with Gasteiger partial charge in [0.2, 0.25) is 0 Å². The van der Waals surface area contributed by atoms with Crippen LogP contribution in [0, 0.1) is 6.92 Å². The van der Waals surface area contributed by atoms with E-state index in [1.165, 1.54) is 15.9 Å². The maximum atomic E-state index is 12.0. The van der Waals surface area contributed by atoms with E-state index >= 15 is 0 Å². The van der Waals surface area contributed by atoms with Gasteiger partial charge in [0.25, 0.3) is 0 Å². The van der Waals surface area contributed by atoms with Gasteiger partial charge in [0, 0.05) is 23.3 Å². The number of thiophene rings is 1. The number of aromatic nitrogens is 2. The molecule has 0 aliphatic heterocycles. The maximum absolute atomic E-state index is 12.0.